The maximum absolute atomic E-state index is 12.3. The topological polar surface area (TPSA) is 68.2 Å². The van der Waals surface area contributed by atoms with Crippen LogP contribution in [0.2, 0.25) is 0 Å². The molecule has 1 heterocycles. The SMILES string of the molecule is CCOCc1ccc(CNC(=O)C(NC)c2cnn(C)c2)cc1. The zero-order valence-electron chi connectivity index (χ0n) is 13.9. The molecular weight excluding hydrogens is 292 g/mol. The van der Waals surface area contributed by atoms with Gasteiger partial charge in [0.15, 0.2) is 0 Å². The van der Waals surface area contributed by atoms with Gasteiger partial charge in [-0.15, -0.1) is 0 Å². The van der Waals surface area contributed by atoms with Crippen molar-refractivity contribution < 1.29 is 9.53 Å². The Morgan fingerprint density at radius 1 is 1.30 bits per heavy atom. The Bertz CT molecular complexity index is 622. The number of hydrogen-bond acceptors (Lipinski definition) is 4. The van der Waals surface area contributed by atoms with Gasteiger partial charge < -0.3 is 15.4 Å². The highest BCUT2D eigenvalue weighted by Gasteiger charge is 2.19. The highest BCUT2D eigenvalue weighted by atomic mass is 16.5. The first kappa shape index (κ1) is 17.2. The molecule has 0 bridgehead atoms. The van der Waals surface area contributed by atoms with Crippen molar-refractivity contribution in [2.75, 3.05) is 13.7 Å². The molecule has 0 aliphatic rings. The van der Waals surface area contributed by atoms with Gasteiger partial charge in [-0.2, -0.15) is 5.10 Å². The normalized spacial score (nSPS) is 12.1. The van der Waals surface area contributed by atoms with Crippen LogP contribution in [-0.2, 0) is 29.7 Å². The fourth-order valence-corrected chi connectivity index (χ4v) is 2.30. The molecule has 1 aromatic carbocycles. The Kier molecular flexibility index (Phi) is 6.31. The molecule has 2 rings (SSSR count). The largest absolute Gasteiger partial charge is 0.377 e. The third-order valence-electron chi connectivity index (χ3n) is 3.57. The summed E-state index contributed by atoms with van der Waals surface area (Å²) in [4.78, 5) is 12.3. The van der Waals surface area contributed by atoms with Crippen LogP contribution in [0.3, 0.4) is 0 Å². The van der Waals surface area contributed by atoms with E-state index in [1.807, 2.05) is 44.4 Å². The maximum atomic E-state index is 12.3. The van der Waals surface area contributed by atoms with Gasteiger partial charge in [0.25, 0.3) is 0 Å². The van der Waals surface area contributed by atoms with Crippen LogP contribution in [0.5, 0.6) is 0 Å². The van der Waals surface area contributed by atoms with Crippen LogP contribution in [0.25, 0.3) is 0 Å². The molecule has 0 aliphatic heterocycles. The number of benzene rings is 1. The van der Waals surface area contributed by atoms with E-state index in [-0.39, 0.29) is 5.91 Å². The second kappa shape index (κ2) is 8.45. The van der Waals surface area contributed by atoms with Gasteiger partial charge in [0.2, 0.25) is 5.91 Å². The van der Waals surface area contributed by atoms with Crippen LogP contribution < -0.4 is 10.6 Å². The van der Waals surface area contributed by atoms with Crippen molar-refractivity contribution in [3.8, 4) is 0 Å². The van der Waals surface area contributed by atoms with Gasteiger partial charge in [-0.3, -0.25) is 9.48 Å². The first-order valence-electron chi connectivity index (χ1n) is 7.73. The number of nitrogens with one attached hydrogen (secondary N) is 2. The van der Waals surface area contributed by atoms with E-state index in [0.717, 1.165) is 16.7 Å². The van der Waals surface area contributed by atoms with Crippen molar-refractivity contribution in [2.24, 2.45) is 7.05 Å². The van der Waals surface area contributed by atoms with Crippen LogP contribution in [0.1, 0.15) is 29.7 Å². The van der Waals surface area contributed by atoms with Gasteiger partial charge in [-0.25, -0.2) is 0 Å². The predicted octanol–water partition coefficient (Wildman–Crippen LogP) is 1.53. The molecule has 0 aliphatic carbocycles. The minimum Gasteiger partial charge on any atom is -0.377 e. The van der Waals surface area contributed by atoms with Crippen LogP contribution in [0, 0.1) is 0 Å². The number of likely N-dealkylation sites (N-methyl/N-ethyl adjacent to an activating group) is 1. The number of aromatic nitrogens is 2. The van der Waals surface area contributed by atoms with Gasteiger partial charge in [0, 0.05) is 32.0 Å². The quantitative estimate of drug-likeness (QED) is 0.775. The lowest BCUT2D eigenvalue weighted by Gasteiger charge is -2.14. The van der Waals surface area contributed by atoms with E-state index >= 15 is 0 Å². The average Bonchev–Trinajstić information content (AvgIpc) is 2.98. The molecule has 6 heteroatoms. The van der Waals surface area contributed by atoms with E-state index in [1.165, 1.54) is 0 Å². The Balaban J connectivity index is 1.90. The minimum absolute atomic E-state index is 0.0705. The molecule has 0 fully saturated rings. The van der Waals surface area contributed by atoms with Crippen molar-refractivity contribution in [3.05, 3.63) is 53.3 Å². The van der Waals surface area contributed by atoms with Crippen LogP contribution in [0.15, 0.2) is 36.7 Å². The molecule has 0 saturated heterocycles. The average molecular weight is 316 g/mol. The summed E-state index contributed by atoms with van der Waals surface area (Å²) in [5, 5.41) is 10.1. The molecule has 1 atom stereocenters. The summed E-state index contributed by atoms with van der Waals surface area (Å²) in [5.41, 5.74) is 3.03. The summed E-state index contributed by atoms with van der Waals surface area (Å²) in [5.74, 6) is -0.0705. The minimum atomic E-state index is -0.402. The number of nitrogens with zero attached hydrogens (tertiary/aromatic N) is 2. The van der Waals surface area contributed by atoms with Gasteiger partial charge in [0.05, 0.1) is 12.8 Å². The highest BCUT2D eigenvalue weighted by molar-refractivity contribution is 5.83. The first-order valence-corrected chi connectivity index (χ1v) is 7.73. The molecule has 1 aromatic heterocycles. The molecule has 2 aromatic rings. The fraction of sp³-hybridized carbons (Fsp3) is 0.412. The summed E-state index contributed by atoms with van der Waals surface area (Å²) in [7, 11) is 3.59. The lowest BCUT2D eigenvalue weighted by atomic mass is 10.1. The third kappa shape index (κ3) is 4.91. The zero-order valence-corrected chi connectivity index (χ0v) is 13.9. The summed E-state index contributed by atoms with van der Waals surface area (Å²) >= 11 is 0. The smallest absolute Gasteiger partial charge is 0.242 e. The van der Waals surface area contributed by atoms with Crippen molar-refractivity contribution >= 4 is 5.91 Å². The second-order valence-electron chi connectivity index (χ2n) is 5.34. The van der Waals surface area contributed by atoms with Gasteiger partial charge >= 0.3 is 0 Å². The van der Waals surface area contributed by atoms with Crippen LogP contribution >= 0.6 is 0 Å². The monoisotopic (exact) mass is 316 g/mol. The summed E-state index contributed by atoms with van der Waals surface area (Å²) in [6, 6.07) is 7.66. The predicted molar refractivity (Wildman–Crippen MR) is 88.6 cm³/mol. The number of ether oxygens (including phenoxy) is 1. The number of amides is 1. The molecule has 0 radical (unpaired) electrons. The van der Waals surface area contributed by atoms with E-state index < -0.39 is 6.04 Å². The second-order valence-corrected chi connectivity index (χ2v) is 5.34. The van der Waals surface area contributed by atoms with Crippen LogP contribution in [-0.4, -0.2) is 29.3 Å². The zero-order chi connectivity index (χ0) is 16.7. The van der Waals surface area contributed by atoms with Crippen molar-refractivity contribution in [3.63, 3.8) is 0 Å². The Hall–Kier alpha value is -2.18. The lowest BCUT2D eigenvalue weighted by Crippen LogP contribution is -2.35. The number of rotatable bonds is 8. The number of aryl methyl sites for hydroxylation is 1. The standard InChI is InChI=1S/C17H24N4O2/c1-4-23-12-14-7-5-13(6-8-14)9-19-17(22)16(18-2)15-10-20-21(3)11-15/h5-8,10-11,16,18H,4,9,12H2,1-3H3,(H,19,22). The third-order valence-corrected chi connectivity index (χ3v) is 3.57. The Labute approximate surface area is 136 Å². The van der Waals surface area contributed by atoms with E-state index in [0.29, 0.717) is 19.8 Å². The van der Waals surface area contributed by atoms with Crippen molar-refractivity contribution in [1.82, 2.24) is 20.4 Å². The molecule has 0 saturated carbocycles. The van der Waals surface area contributed by atoms with Gasteiger partial charge in [-0.1, -0.05) is 24.3 Å². The van der Waals surface area contributed by atoms with Gasteiger partial charge in [0.1, 0.15) is 6.04 Å². The number of carbonyl (C=O) groups excluding carboxylic acids is 1. The summed E-state index contributed by atoms with van der Waals surface area (Å²) < 4.78 is 7.05. The lowest BCUT2D eigenvalue weighted by molar-refractivity contribution is -0.123. The molecule has 1 amide bonds. The summed E-state index contributed by atoms with van der Waals surface area (Å²) in [6.45, 7) is 3.79. The van der Waals surface area contributed by atoms with Crippen LogP contribution in [0.4, 0.5) is 0 Å². The molecule has 0 spiro atoms. The van der Waals surface area contributed by atoms with E-state index in [2.05, 4.69) is 15.7 Å². The van der Waals surface area contributed by atoms with Gasteiger partial charge in [-0.05, 0) is 25.1 Å². The number of hydrogen-bond donors (Lipinski definition) is 2. The maximum Gasteiger partial charge on any atom is 0.242 e. The van der Waals surface area contributed by atoms with Crippen molar-refractivity contribution in [2.45, 2.75) is 26.1 Å². The molecule has 23 heavy (non-hydrogen) atoms. The number of carbonyl (C=O) groups is 1. The van der Waals surface area contributed by atoms with E-state index in [4.69, 9.17) is 4.74 Å². The Morgan fingerprint density at radius 3 is 2.57 bits per heavy atom. The fourth-order valence-electron chi connectivity index (χ4n) is 2.30. The molecular formula is C17H24N4O2. The molecule has 124 valence electrons. The molecule has 6 nitrogen and oxygen atoms in total. The molecule has 2 N–H and O–H groups in total. The van der Waals surface area contributed by atoms with Crippen molar-refractivity contribution in [1.29, 1.82) is 0 Å². The van der Waals surface area contributed by atoms with E-state index in [1.54, 1.807) is 17.9 Å². The van der Waals surface area contributed by atoms with E-state index in [9.17, 15) is 4.79 Å². The first-order chi connectivity index (χ1) is 11.1. The highest BCUT2D eigenvalue weighted by Crippen LogP contribution is 2.12. The summed E-state index contributed by atoms with van der Waals surface area (Å²) in [6.07, 6.45) is 3.53. The molecule has 1 unspecified atom stereocenters. The Morgan fingerprint density at radius 2 is 2.00 bits per heavy atom.